The molecule has 1 fully saturated rings. The zero-order chi connectivity index (χ0) is 14.7. The van der Waals surface area contributed by atoms with Gasteiger partial charge in [0.2, 0.25) is 0 Å². The van der Waals surface area contributed by atoms with E-state index in [0.29, 0.717) is 12.6 Å². The number of aromatic nitrogens is 2. The van der Waals surface area contributed by atoms with Crippen molar-refractivity contribution >= 4 is 5.97 Å². The first-order chi connectivity index (χ1) is 9.52. The lowest BCUT2D eigenvalue weighted by atomic mass is 10.2. The van der Waals surface area contributed by atoms with E-state index in [1.165, 1.54) is 11.3 Å². The van der Waals surface area contributed by atoms with Gasteiger partial charge in [0, 0.05) is 18.3 Å². The average Bonchev–Trinajstić information content (AvgIpc) is 3.20. The van der Waals surface area contributed by atoms with E-state index in [2.05, 4.69) is 24.3 Å². The predicted molar refractivity (Wildman–Crippen MR) is 77.6 cm³/mol. The van der Waals surface area contributed by atoms with Crippen molar-refractivity contribution in [2.45, 2.75) is 65.6 Å². The Kier molecular flexibility index (Phi) is 4.81. The maximum Gasteiger partial charge on any atom is 0.323 e. The summed E-state index contributed by atoms with van der Waals surface area (Å²) in [6, 6.07) is 0.276. The number of carbonyl (C=O) groups excluding carboxylic acids is 1. The molecule has 1 aromatic rings. The maximum atomic E-state index is 12.0. The van der Waals surface area contributed by atoms with Crippen LogP contribution in [0.5, 0.6) is 0 Å². The molecule has 1 aliphatic carbocycles. The van der Waals surface area contributed by atoms with Gasteiger partial charge in [0.15, 0.2) is 0 Å². The first kappa shape index (κ1) is 15.0. The molecule has 1 saturated carbocycles. The van der Waals surface area contributed by atoms with Gasteiger partial charge in [0.1, 0.15) is 6.04 Å². The number of nitrogens with one attached hydrogen (secondary N) is 1. The molecule has 0 spiro atoms. The molecule has 0 radical (unpaired) electrons. The predicted octanol–water partition coefficient (Wildman–Crippen LogP) is 1.88. The van der Waals surface area contributed by atoms with E-state index in [1.807, 2.05) is 18.5 Å². The van der Waals surface area contributed by atoms with Crippen LogP contribution in [0.3, 0.4) is 0 Å². The van der Waals surface area contributed by atoms with Crippen LogP contribution in [0.25, 0.3) is 0 Å². The summed E-state index contributed by atoms with van der Waals surface area (Å²) in [6.07, 6.45) is 3.04. The van der Waals surface area contributed by atoms with E-state index in [4.69, 9.17) is 4.74 Å². The molecule has 1 atom stereocenters. The lowest BCUT2D eigenvalue weighted by Gasteiger charge is -2.17. The molecule has 1 heterocycles. The van der Waals surface area contributed by atoms with Crippen molar-refractivity contribution in [3.8, 4) is 0 Å². The van der Waals surface area contributed by atoms with Gasteiger partial charge in [-0.1, -0.05) is 0 Å². The molecule has 1 N–H and O–H groups in total. The van der Waals surface area contributed by atoms with E-state index < -0.39 is 0 Å². The quantitative estimate of drug-likeness (QED) is 0.774. The Morgan fingerprint density at radius 2 is 2.15 bits per heavy atom. The second-order valence-electron chi connectivity index (χ2n) is 5.55. The Bertz CT molecular complexity index is 478. The van der Waals surface area contributed by atoms with Gasteiger partial charge in [-0.2, -0.15) is 5.10 Å². The van der Waals surface area contributed by atoms with E-state index in [1.54, 1.807) is 0 Å². The lowest BCUT2D eigenvalue weighted by molar-refractivity contribution is -0.146. The molecule has 0 amide bonds. The molecular weight excluding hydrogens is 254 g/mol. The smallest absolute Gasteiger partial charge is 0.323 e. The van der Waals surface area contributed by atoms with Crippen molar-refractivity contribution < 1.29 is 9.53 Å². The molecule has 2 rings (SSSR count). The fourth-order valence-corrected chi connectivity index (χ4v) is 2.30. The third-order valence-corrected chi connectivity index (χ3v) is 3.96. The average molecular weight is 279 g/mol. The molecule has 112 valence electrons. The minimum Gasteiger partial charge on any atom is -0.465 e. The number of esters is 1. The van der Waals surface area contributed by atoms with Crippen molar-refractivity contribution in [2.75, 3.05) is 6.61 Å². The van der Waals surface area contributed by atoms with Crippen LogP contribution in [-0.4, -0.2) is 34.4 Å². The Morgan fingerprint density at radius 3 is 2.65 bits per heavy atom. The minimum atomic E-state index is -0.216. The normalized spacial score (nSPS) is 16.2. The van der Waals surface area contributed by atoms with Crippen molar-refractivity contribution in [3.63, 3.8) is 0 Å². The van der Waals surface area contributed by atoms with Crippen LogP contribution in [0.1, 0.15) is 43.1 Å². The van der Waals surface area contributed by atoms with E-state index in [9.17, 15) is 4.79 Å². The lowest BCUT2D eigenvalue weighted by Crippen LogP contribution is -2.40. The highest BCUT2D eigenvalue weighted by Crippen LogP contribution is 2.20. The molecule has 1 aromatic heterocycles. The number of ether oxygens (including phenoxy) is 1. The highest BCUT2D eigenvalue weighted by atomic mass is 16.5. The second-order valence-corrected chi connectivity index (χ2v) is 5.55. The molecule has 1 aliphatic rings. The molecular formula is C15H25N3O2. The molecule has 5 heteroatoms. The summed E-state index contributed by atoms with van der Waals surface area (Å²) in [5, 5.41) is 7.89. The Balaban J connectivity index is 1.96. The van der Waals surface area contributed by atoms with Gasteiger partial charge < -0.3 is 10.1 Å². The summed E-state index contributed by atoms with van der Waals surface area (Å²) in [7, 11) is 0. The highest BCUT2D eigenvalue weighted by molar-refractivity contribution is 5.75. The highest BCUT2D eigenvalue weighted by Gasteiger charge is 2.29. The Labute approximate surface area is 120 Å². The van der Waals surface area contributed by atoms with Gasteiger partial charge in [-0.15, -0.1) is 0 Å². The number of rotatable bonds is 7. The number of nitrogens with zero attached hydrogens (tertiary/aromatic N) is 2. The molecule has 0 saturated heterocycles. The number of aryl methyl sites for hydroxylation is 2. The Hall–Kier alpha value is -1.36. The summed E-state index contributed by atoms with van der Waals surface area (Å²) in [4.78, 5) is 12.0. The van der Waals surface area contributed by atoms with Gasteiger partial charge in [-0.05, 0) is 52.5 Å². The first-order valence-electron chi connectivity index (χ1n) is 7.46. The zero-order valence-electron chi connectivity index (χ0n) is 12.9. The van der Waals surface area contributed by atoms with Gasteiger partial charge >= 0.3 is 5.97 Å². The zero-order valence-corrected chi connectivity index (χ0v) is 12.9. The van der Waals surface area contributed by atoms with E-state index in [-0.39, 0.29) is 12.0 Å². The SMILES string of the molecule is CCOC(=O)C(CCn1nc(C)c(C)c1C)NC1CC1. The van der Waals surface area contributed by atoms with Gasteiger partial charge in [0.05, 0.1) is 12.3 Å². The summed E-state index contributed by atoms with van der Waals surface area (Å²) < 4.78 is 7.14. The number of hydrogen-bond acceptors (Lipinski definition) is 4. The van der Waals surface area contributed by atoms with Gasteiger partial charge in [-0.25, -0.2) is 0 Å². The minimum absolute atomic E-state index is 0.141. The molecule has 20 heavy (non-hydrogen) atoms. The van der Waals surface area contributed by atoms with Gasteiger partial charge in [-0.3, -0.25) is 9.48 Å². The van der Waals surface area contributed by atoms with Crippen molar-refractivity contribution in [1.29, 1.82) is 0 Å². The van der Waals surface area contributed by atoms with Crippen LogP contribution in [-0.2, 0) is 16.1 Å². The summed E-state index contributed by atoms with van der Waals surface area (Å²) in [6.45, 7) is 9.19. The first-order valence-corrected chi connectivity index (χ1v) is 7.46. The van der Waals surface area contributed by atoms with Crippen LogP contribution >= 0.6 is 0 Å². The Morgan fingerprint density at radius 1 is 1.45 bits per heavy atom. The van der Waals surface area contributed by atoms with Crippen LogP contribution in [0.2, 0.25) is 0 Å². The summed E-state index contributed by atoms with van der Waals surface area (Å²) >= 11 is 0. The van der Waals surface area contributed by atoms with E-state index in [0.717, 1.165) is 31.5 Å². The fourth-order valence-electron chi connectivity index (χ4n) is 2.30. The third-order valence-electron chi connectivity index (χ3n) is 3.96. The summed E-state index contributed by atoms with van der Waals surface area (Å²) in [5.74, 6) is -0.141. The second kappa shape index (κ2) is 6.39. The van der Waals surface area contributed by atoms with Crippen LogP contribution in [0.15, 0.2) is 0 Å². The molecule has 1 unspecified atom stereocenters. The van der Waals surface area contributed by atoms with Crippen LogP contribution < -0.4 is 5.32 Å². The van der Waals surface area contributed by atoms with Crippen molar-refractivity contribution in [1.82, 2.24) is 15.1 Å². The number of carbonyl (C=O) groups is 1. The molecule has 0 aliphatic heterocycles. The van der Waals surface area contributed by atoms with Crippen LogP contribution in [0, 0.1) is 20.8 Å². The largest absolute Gasteiger partial charge is 0.465 e. The molecule has 0 bridgehead atoms. The molecule has 5 nitrogen and oxygen atoms in total. The van der Waals surface area contributed by atoms with Gasteiger partial charge in [0.25, 0.3) is 0 Å². The standard InChI is InChI=1S/C15H25N3O2/c1-5-20-15(19)14(16-13-6-7-13)8-9-18-12(4)10(2)11(3)17-18/h13-14,16H,5-9H2,1-4H3. The summed E-state index contributed by atoms with van der Waals surface area (Å²) in [5.41, 5.74) is 3.47. The van der Waals surface area contributed by atoms with Crippen molar-refractivity contribution in [2.24, 2.45) is 0 Å². The van der Waals surface area contributed by atoms with Crippen molar-refractivity contribution in [3.05, 3.63) is 17.0 Å². The number of hydrogen-bond donors (Lipinski definition) is 1. The van der Waals surface area contributed by atoms with Crippen LogP contribution in [0.4, 0.5) is 0 Å². The fraction of sp³-hybridized carbons (Fsp3) is 0.733. The topological polar surface area (TPSA) is 56.2 Å². The monoisotopic (exact) mass is 279 g/mol. The van der Waals surface area contributed by atoms with E-state index >= 15 is 0 Å². The third kappa shape index (κ3) is 3.60. The maximum absolute atomic E-state index is 12.0. The molecule has 0 aromatic carbocycles.